The summed E-state index contributed by atoms with van der Waals surface area (Å²) in [6, 6.07) is 2.13. The van der Waals surface area contributed by atoms with Gasteiger partial charge in [-0.25, -0.2) is 17.8 Å². The van der Waals surface area contributed by atoms with E-state index in [1.807, 2.05) is 0 Å². The minimum Gasteiger partial charge on any atom is -0.396 e. The van der Waals surface area contributed by atoms with Crippen molar-refractivity contribution >= 4 is 44.0 Å². The lowest BCUT2D eigenvalue weighted by Gasteiger charge is -2.13. The standard InChI is InChI=1S/C16H23ClFN5O3S2/c17-12-6-15(28(25,26)23-16-21-10-22-27-16)13(18)7-14(12)20-5-3-1-2-4-11(8-19)9-24/h6-7,10-11,20,24H,1-5,8-9,19H2,(H,21,22,23)/t11-/m1/s1. The third-order valence-corrected chi connectivity index (χ3v) is 6.47. The molecular weight excluding hydrogens is 429 g/mol. The maximum atomic E-state index is 14.4. The number of hydrogen-bond donors (Lipinski definition) is 4. The van der Waals surface area contributed by atoms with Gasteiger partial charge in [0, 0.05) is 24.7 Å². The summed E-state index contributed by atoms with van der Waals surface area (Å²) in [7, 11) is -4.16. The third kappa shape index (κ3) is 6.52. The second-order valence-corrected chi connectivity index (χ2v) is 9.01. The number of rotatable bonds is 12. The first kappa shape index (κ1) is 22.8. The van der Waals surface area contributed by atoms with Gasteiger partial charge in [-0.2, -0.15) is 4.37 Å². The summed E-state index contributed by atoms with van der Waals surface area (Å²) in [5.74, 6) is -0.794. The van der Waals surface area contributed by atoms with Crippen molar-refractivity contribution in [2.75, 3.05) is 29.7 Å². The maximum Gasteiger partial charge on any atom is 0.266 e. The summed E-state index contributed by atoms with van der Waals surface area (Å²) in [4.78, 5) is 3.15. The van der Waals surface area contributed by atoms with Gasteiger partial charge in [0.25, 0.3) is 10.0 Å². The fourth-order valence-electron chi connectivity index (χ4n) is 2.50. The molecule has 0 spiro atoms. The third-order valence-electron chi connectivity index (χ3n) is 4.09. The number of anilines is 2. The molecule has 28 heavy (non-hydrogen) atoms. The van der Waals surface area contributed by atoms with Crippen LogP contribution in [0.4, 0.5) is 15.2 Å². The summed E-state index contributed by atoms with van der Waals surface area (Å²) >= 11 is 6.96. The van der Waals surface area contributed by atoms with Crippen molar-refractivity contribution in [2.45, 2.75) is 30.6 Å². The molecule has 5 N–H and O–H groups in total. The molecule has 0 bridgehead atoms. The fraction of sp³-hybridized carbons (Fsp3) is 0.500. The number of nitrogens with one attached hydrogen (secondary N) is 2. The molecule has 0 radical (unpaired) electrons. The van der Waals surface area contributed by atoms with E-state index in [1.165, 1.54) is 6.33 Å². The predicted octanol–water partition coefficient (Wildman–Crippen LogP) is 2.67. The number of benzene rings is 1. The summed E-state index contributed by atoms with van der Waals surface area (Å²) in [5.41, 5.74) is 5.86. The molecule has 2 aromatic rings. The first-order valence-corrected chi connectivity index (χ1v) is 11.3. The highest BCUT2D eigenvalue weighted by molar-refractivity contribution is 7.93. The Morgan fingerprint density at radius 3 is 2.75 bits per heavy atom. The number of halogens is 2. The van der Waals surface area contributed by atoms with Gasteiger partial charge in [0.1, 0.15) is 17.0 Å². The Morgan fingerprint density at radius 1 is 1.32 bits per heavy atom. The van der Waals surface area contributed by atoms with Gasteiger partial charge in [0.15, 0.2) is 0 Å². The summed E-state index contributed by atoms with van der Waals surface area (Å²) < 4.78 is 44.8. The average Bonchev–Trinajstić information content (AvgIpc) is 3.15. The highest BCUT2D eigenvalue weighted by Gasteiger charge is 2.22. The highest BCUT2D eigenvalue weighted by Crippen LogP contribution is 2.29. The molecule has 1 heterocycles. The van der Waals surface area contributed by atoms with E-state index in [4.69, 9.17) is 22.4 Å². The van der Waals surface area contributed by atoms with Crippen LogP contribution in [0.1, 0.15) is 25.7 Å². The minimum atomic E-state index is -4.16. The Morgan fingerprint density at radius 2 is 2.11 bits per heavy atom. The maximum absolute atomic E-state index is 14.4. The molecule has 8 nitrogen and oxygen atoms in total. The van der Waals surface area contributed by atoms with E-state index in [1.54, 1.807) is 0 Å². The highest BCUT2D eigenvalue weighted by atomic mass is 35.5. The van der Waals surface area contributed by atoms with Gasteiger partial charge in [0.05, 0.1) is 10.7 Å². The number of aromatic nitrogens is 2. The normalized spacial score (nSPS) is 12.7. The van der Waals surface area contributed by atoms with E-state index in [9.17, 15) is 12.8 Å². The Bertz CT molecular complexity index is 848. The monoisotopic (exact) mass is 451 g/mol. The second-order valence-electron chi connectivity index (χ2n) is 6.17. The number of unbranched alkanes of at least 4 members (excludes halogenated alkanes) is 2. The van der Waals surface area contributed by atoms with Crippen LogP contribution in [0.25, 0.3) is 0 Å². The van der Waals surface area contributed by atoms with Crippen molar-refractivity contribution < 1.29 is 17.9 Å². The van der Waals surface area contributed by atoms with E-state index in [0.717, 1.165) is 49.3 Å². The molecule has 0 saturated carbocycles. The lowest BCUT2D eigenvalue weighted by molar-refractivity contribution is 0.220. The van der Waals surface area contributed by atoms with E-state index in [2.05, 4.69) is 19.4 Å². The van der Waals surface area contributed by atoms with Gasteiger partial charge >= 0.3 is 0 Å². The second kappa shape index (κ2) is 10.9. The Hall–Kier alpha value is -1.53. The van der Waals surface area contributed by atoms with Crippen molar-refractivity contribution in [2.24, 2.45) is 11.7 Å². The van der Waals surface area contributed by atoms with Gasteiger partial charge in [-0.05, 0) is 37.4 Å². The van der Waals surface area contributed by atoms with Crippen LogP contribution in [-0.4, -0.2) is 42.6 Å². The van der Waals surface area contributed by atoms with Crippen LogP contribution >= 0.6 is 23.1 Å². The van der Waals surface area contributed by atoms with Crippen LogP contribution < -0.4 is 15.8 Å². The SMILES string of the molecule is NC[C@H](CO)CCCCCNc1cc(F)c(S(=O)(=O)Nc2ncns2)cc1Cl. The molecule has 0 amide bonds. The zero-order chi connectivity index (χ0) is 20.6. The zero-order valence-corrected chi connectivity index (χ0v) is 17.5. The van der Waals surface area contributed by atoms with E-state index in [-0.39, 0.29) is 22.7 Å². The van der Waals surface area contributed by atoms with Gasteiger partial charge in [0.2, 0.25) is 5.13 Å². The van der Waals surface area contributed by atoms with Crippen LogP contribution in [0.5, 0.6) is 0 Å². The lowest BCUT2D eigenvalue weighted by atomic mass is 10.0. The number of hydrogen-bond acceptors (Lipinski definition) is 8. The first-order valence-electron chi connectivity index (χ1n) is 8.70. The molecule has 0 saturated heterocycles. The predicted molar refractivity (Wildman–Crippen MR) is 109 cm³/mol. The van der Waals surface area contributed by atoms with E-state index < -0.39 is 20.7 Å². The van der Waals surface area contributed by atoms with Crippen molar-refractivity contribution in [3.8, 4) is 0 Å². The minimum absolute atomic E-state index is 0.0378. The number of nitrogens with two attached hydrogens (primary N) is 1. The van der Waals surface area contributed by atoms with Crippen molar-refractivity contribution in [1.29, 1.82) is 0 Å². The summed E-state index contributed by atoms with van der Waals surface area (Å²) in [6.45, 7) is 1.11. The molecule has 0 aliphatic carbocycles. The Labute approximate surface area is 172 Å². The first-order chi connectivity index (χ1) is 13.4. The number of aliphatic hydroxyl groups excluding tert-OH is 1. The van der Waals surface area contributed by atoms with Crippen molar-refractivity contribution in [3.63, 3.8) is 0 Å². The molecule has 0 aliphatic rings. The average molecular weight is 452 g/mol. The molecule has 0 unspecified atom stereocenters. The molecule has 1 aromatic heterocycles. The van der Waals surface area contributed by atoms with Gasteiger partial charge in [-0.15, -0.1) is 0 Å². The van der Waals surface area contributed by atoms with Gasteiger partial charge in [-0.3, -0.25) is 4.72 Å². The molecule has 0 fully saturated rings. The fourth-order valence-corrected chi connectivity index (χ4v) is 4.54. The number of aliphatic hydroxyl groups is 1. The topological polar surface area (TPSA) is 130 Å². The summed E-state index contributed by atoms with van der Waals surface area (Å²) in [6.07, 6.45) is 4.72. The lowest BCUT2D eigenvalue weighted by Crippen LogP contribution is -2.17. The molecule has 1 aromatic carbocycles. The Kier molecular flexibility index (Phi) is 8.83. The smallest absolute Gasteiger partial charge is 0.266 e. The quantitative estimate of drug-likeness (QED) is 0.365. The molecule has 2 rings (SSSR count). The van der Waals surface area contributed by atoms with Gasteiger partial charge in [-0.1, -0.05) is 24.4 Å². The van der Waals surface area contributed by atoms with E-state index >= 15 is 0 Å². The van der Waals surface area contributed by atoms with Gasteiger partial charge < -0.3 is 16.2 Å². The van der Waals surface area contributed by atoms with Crippen LogP contribution in [0.2, 0.25) is 5.02 Å². The molecule has 156 valence electrons. The van der Waals surface area contributed by atoms with E-state index in [0.29, 0.717) is 18.8 Å². The molecule has 12 heteroatoms. The van der Waals surface area contributed by atoms with Crippen LogP contribution in [0, 0.1) is 11.7 Å². The summed E-state index contributed by atoms with van der Waals surface area (Å²) in [5, 5.41) is 12.2. The molecule has 1 atom stereocenters. The molecule has 0 aliphatic heterocycles. The van der Waals surface area contributed by atoms with Crippen LogP contribution in [0.3, 0.4) is 0 Å². The van der Waals surface area contributed by atoms with Crippen LogP contribution in [-0.2, 0) is 10.0 Å². The van der Waals surface area contributed by atoms with Crippen LogP contribution in [0.15, 0.2) is 23.4 Å². The Balaban J connectivity index is 1.91. The number of sulfonamides is 1. The zero-order valence-electron chi connectivity index (χ0n) is 15.1. The molecular formula is C16H23ClFN5O3S2. The number of nitrogens with zero attached hydrogens (tertiary/aromatic N) is 2. The largest absolute Gasteiger partial charge is 0.396 e. The van der Waals surface area contributed by atoms with Crippen molar-refractivity contribution in [1.82, 2.24) is 9.36 Å². The van der Waals surface area contributed by atoms with Crippen molar-refractivity contribution in [3.05, 3.63) is 29.3 Å².